The van der Waals surface area contributed by atoms with Gasteiger partial charge in [-0.3, -0.25) is 9.59 Å². The number of fused-ring (bicyclic) bond motifs is 2. The first-order chi connectivity index (χ1) is 12.7. The summed E-state index contributed by atoms with van der Waals surface area (Å²) in [4.78, 5) is 29.2. The third-order valence-electron chi connectivity index (χ3n) is 4.89. The molecule has 1 fully saturated rings. The summed E-state index contributed by atoms with van der Waals surface area (Å²) in [5, 5.41) is 0. The first-order valence-corrected chi connectivity index (χ1v) is 9.60. The Kier molecular flexibility index (Phi) is 4.46. The molecule has 0 N–H and O–H groups in total. The van der Waals surface area contributed by atoms with Crippen LogP contribution in [0.25, 0.3) is 0 Å². The van der Waals surface area contributed by atoms with Crippen LogP contribution in [0.1, 0.15) is 15.9 Å². The molecular weight excluding hydrogens is 348 g/mol. The van der Waals surface area contributed by atoms with E-state index in [4.69, 9.17) is 4.74 Å². The van der Waals surface area contributed by atoms with Gasteiger partial charge in [0, 0.05) is 37.1 Å². The van der Waals surface area contributed by atoms with Crippen LogP contribution in [-0.2, 0) is 14.4 Å². The lowest BCUT2D eigenvalue weighted by Crippen LogP contribution is -2.50. The van der Waals surface area contributed by atoms with Gasteiger partial charge in [0.05, 0.1) is 12.3 Å². The molecular formula is C20H20N2O3S. The summed E-state index contributed by atoms with van der Waals surface area (Å²) < 4.78 is 5.18. The van der Waals surface area contributed by atoms with E-state index < -0.39 is 4.87 Å². The van der Waals surface area contributed by atoms with Crippen molar-refractivity contribution < 1.29 is 14.3 Å². The fraction of sp³-hybridized carbons (Fsp3) is 0.300. The van der Waals surface area contributed by atoms with E-state index in [1.165, 1.54) is 0 Å². The molecule has 2 aliphatic heterocycles. The Balaban J connectivity index is 1.79. The van der Waals surface area contributed by atoms with Crippen molar-refractivity contribution in [2.24, 2.45) is 0 Å². The van der Waals surface area contributed by atoms with Crippen LogP contribution in [0.3, 0.4) is 0 Å². The van der Waals surface area contributed by atoms with E-state index in [9.17, 15) is 9.59 Å². The fourth-order valence-electron chi connectivity index (χ4n) is 3.71. The van der Waals surface area contributed by atoms with Gasteiger partial charge in [0.1, 0.15) is 0 Å². The third-order valence-corrected chi connectivity index (χ3v) is 6.31. The molecule has 134 valence electrons. The normalized spacial score (nSPS) is 21.5. The van der Waals surface area contributed by atoms with Gasteiger partial charge in [0.25, 0.3) is 11.8 Å². The van der Waals surface area contributed by atoms with Crippen LogP contribution in [0.4, 0.5) is 5.69 Å². The first kappa shape index (κ1) is 17.1. The topological polar surface area (TPSA) is 49.9 Å². The maximum absolute atomic E-state index is 13.5. The highest BCUT2D eigenvalue weighted by atomic mass is 32.2. The van der Waals surface area contributed by atoms with Gasteiger partial charge in [-0.25, -0.2) is 0 Å². The summed E-state index contributed by atoms with van der Waals surface area (Å²) in [6.07, 6.45) is 0. The molecule has 0 bridgehead atoms. The fourth-order valence-corrected chi connectivity index (χ4v) is 5.17. The average Bonchev–Trinajstić information content (AvgIpc) is 3.23. The highest BCUT2D eigenvalue weighted by molar-refractivity contribution is 8.01. The highest BCUT2D eigenvalue weighted by Gasteiger charge is 2.59. The summed E-state index contributed by atoms with van der Waals surface area (Å²) in [5.74, 6) is 0.575. The molecule has 0 radical (unpaired) electrons. The van der Waals surface area contributed by atoms with E-state index in [2.05, 4.69) is 0 Å². The van der Waals surface area contributed by atoms with E-state index >= 15 is 0 Å². The molecule has 2 amide bonds. The van der Waals surface area contributed by atoms with Gasteiger partial charge in [-0.05, 0) is 18.2 Å². The van der Waals surface area contributed by atoms with E-state index in [0.717, 1.165) is 17.0 Å². The van der Waals surface area contributed by atoms with Crippen molar-refractivity contribution in [2.75, 3.05) is 37.5 Å². The lowest BCUT2D eigenvalue weighted by molar-refractivity contribution is -0.123. The van der Waals surface area contributed by atoms with Gasteiger partial charge < -0.3 is 14.5 Å². The Morgan fingerprint density at radius 2 is 1.88 bits per heavy atom. The smallest absolute Gasteiger partial charge is 0.268 e. The number of carbonyl (C=O) groups excluding carboxylic acids is 2. The van der Waals surface area contributed by atoms with Gasteiger partial charge in [-0.15, -0.1) is 11.8 Å². The number of anilines is 1. The van der Waals surface area contributed by atoms with Crippen molar-refractivity contribution in [3.63, 3.8) is 0 Å². The number of para-hydroxylation sites is 1. The predicted molar refractivity (Wildman–Crippen MR) is 102 cm³/mol. The van der Waals surface area contributed by atoms with Crippen LogP contribution >= 0.6 is 11.8 Å². The van der Waals surface area contributed by atoms with Crippen LogP contribution in [-0.4, -0.2) is 49.3 Å². The second kappa shape index (κ2) is 6.78. The summed E-state index contributed by atoms with van der Waals surface area (Å²) in [6.45, 7) is 1.48. The number of nitrogens with zero attached hydrogens (tertiary/aromatic N) is 2. The van der Waals surface area contributed by atoms with E-state index in [-0.39, 0.29) is 11.8 Å². The molecule has 4 rings (SSSR count). The monoisotopic (exact) mass is 368 g/mol. The maximum atomic E-state index is 13.5. The molecule has 2 heterocycles. The predicted octanol–water partition coefficient (Wildman–Crippen LogP) is 2.72. The third kappa shape index (κ3) is 2.44. The molecule has 1 spiro atoms. The Labute approximate surface area is 156 Å². The lowest BCUT2D eigenvalue weighted by atomic mass is 10.0. The maximum Gasteiger partial charge on any atom is 0.268 e. The molecule has 26 heavy (non-hydrogen) atoms. The number of hydrogen-bond acceptors (Lipinski definition) is 4. The molecule has 0 unspecified atom stereocenters. The second-order valence-corrected chi connectivity index (χ2v) is 7.57. The Hall–Kier alpha value is -2.31. The quantitative estimate of drug-likeness (QED) is 0.833. The number of amides is 2. The molecule has 5 nitrogen and oxygen atoms in total. The molecule has 2 aromatic carbocycles. The summed E-state index contributed by atoms with van der Waals surface area (Å²) >= 11 is 1.54. The van der Waals surface area contributed by atoms with Gasteiger partial charge in [-0.1, -0.05) is 36.4 Å². The standard InChI is InChI=1S/C20H20N2O3S/c1-25-13-11-21-17-10-6-5-9-16(17)20(19(21)24)22(12-14-26-20)18(23)15-7-3-2-4-8-15/h2-10H,11-14H2,1H3/t20-/m0/s1. The Morgan fingerprint density at radius 3 is 2.65 bits per heavy atom. The van der Waals surface area contributed by atoms with Crippen molar-refractivity contribution >= 4 is 29.3 Å². The van der Waals surface area contributed by atoms with Gasteiger partial charge in [0.2, 0.25) is 0 Å². The van der Waals surface area contributed by atoms with E-state index in [0.29, 0.717) is 25.3 Å². The van der Waals surface area contributed by atoms with Crippen LogP contribution in [0, 0.1) is 0 Å². The number of rotatable bonds is 4. The van der Waals surface area contributed by atoms with Crippen molar-refractivity contribution in [2.45, 2.75) is 4.87 Å². The average molecular weight is 368 g/mol. The second-order valence-electron chi connectivity index (χ2n) is 6.28. The minimum absolute atomic E-state index is 0.0532. The van der Waals surface area contributed by atoms with Gasteiger partial charge in [0.15, 0.2) is 4.87 Å². The number of hydrogen-bond donors (Lipinski definition) is 0. The zero-order valence-electron chi connectivity index (χ0n) is 14.6. The molecule has 1 saturated heterocycles. The number of carbonyl (C=O) groups is 2. The van der Waals surface area contributed by atoms with Crippen molar-refractivity contribution in [3.8, 4) is 0 Å². The zero-order valence-corrected chi connectivity index (χ0v) is 15.4. The SMILES string of the molecule is COCCN1C(=O)[C@@]2(SCCN2C(=O)c2ccccc2)c2ccccc21. The van der Waals surface area contributed by atoms with Crippen LogP contribution < -0.4 is 4.90 Å². The largest absolute Gasteiger partial charge is 0.383 e. The van der Waals surface area contributed by atoms with Gasteiger partial charge >= 0.3 is 0 Å². The van der Waals surface area contributed by atoms with E-state index in [1.807, 2.05) is 42.5 Å². The minimum atomic E-state index is -0.975. The molecule has 0 aromatic heterocycles. The Bertz CT molecular complexity index is 842. The first-order valence-electron chi connectivity index (χ1n) is 8.61. The van der Waals surface area contributed by atoms with Crippen LogP contribution in [0.15, 0.2) is 54.6 Å². The molecule has 2 aliphatic rings. The number of benzene rings is 2. The van der Waals surface area contributed by atoms with Crippen molar-refractivity contribution in [3.05, 3.63) is 65.7 Å². The number of thioether (sulfide) groups is 1. The van der Waals surface area contributed by atoms with E-state index in [1.54, 1.807) is 40.8 Å². The summed E-state index contributed by atoms with van der Waals surface area (Å²) in [5.41, 5.74) is 2.37. The summed E-state index contributed by atoms with van der Waals surface area (Å²) in [7, 11) is 1.62. The lowest BCUT2D eigenvalue weighted by Gasteiger charge is -2.33. The molecule has 0 saturated carbocycles. The van der Waals surface area contributed by atoms with Gasteiger partial charge in [-0.2, -0.15) is 0 Å². The minimum Gasteiger partial charge on any atom is -0.383 e. The molecule has 1 atom stereocenters. The zero-order chi connectivity index (χ0) is 18.1. The highest BCUT2D eigenvalue weighted by Crippen LogP contribution is 2.54. The molecule has 6 heteroatoms. The molecule has 0 aliphatic carbocycles. The van der Waals surface area contributed by atoms with Crippen molar-refractivity contribution in [1.82, 2.24) is 4.90 Å². The Morgan fingerprint density at radius 1 is 1.15 bits per heavy atom. The number of methoxy groups -OCH3 is 1. The van der Waals surface area contributed by atoms with Crippen LogP contribution in [0.2, 0.25) is 0 Å². The molecule has 2 aromatic rings. The van der Waals surface area contributed by atoms with Crippen molar-refractivity contribution in [1.29, 1.82) is 0 Å². The van der Waals surface area contributed by atoms with Crippen LogP contribution in [0.5, 0.6) is 0 Å². The number of ether oxygens (including phenoxy) is 1. The summed E-state index contributed by atoms with van der Waals surface area (Å²) in [6, 6.07) is 16.9.